The average Bonchev–Trinajstić information content (AvgIpc) is 2.85. The number of benzene rings is 1. The Balaban J connectivity index is 2.12. The number of rotatable bonds is 4. The lowest BCUT2D eigenvalue weighted by molar-refractivity contribution is 0.0600. The number of carbonyl (C=O) groups excluding carboxylic acids is 2. The van der Waals surface area contributed by atoms with Gasteiger partial charge in [0, 0.05) is 18.2 Å². The molecule has 0 N–H and O–H groups in total. The molecule has 0 aliphatic heterocycles. The number of hydrogen-bond donors (Lipinski definition) is 0. The number of amides is 1. The fourth-order valence-electron chi connectivity index (χ4n) is 2.12. The van der Waals surface area contributed by atoms with Crippen LogP contribution >= 0.6 is 0 Å². The smallest absolute Gasteiger partial charge is 0.337 e. The van der Waals surface area contributed by atoms with E-state index in [0.717, 1.165) is 11.3 Å². The van der Waals surface area contributed by atoms with Gasteiger partial charge in [-0.3, -0.25) is 4.79 Å². The van der Waals surface area contributed by atoms with E-state index >= 15 is 0 Å². The Hall–Kier alpha value is -2.63. The summed E-state index contributed by atoms with van der Waals surface area (Å²) in [4.78, 5) is 25.4. The molecule has 116 valence electrons. The summed E-state index contributed by atoms with van der Waals surface area (Å²) in [5.74, 6) is 0.137. The van der Waals surface area contributed by atoms with Crippen molar-refractivity contribution in [2.24, 2.45) is 0 Å². The molecule has 1 aromatic heterocycles. The molecular weight excluding hydrogens is 284 g/mol. The van der Waals surface area contributed by atoms with Crippen LogP contribution in [0.25, 0.3) is 0 Å². The maximum atomic E-state index is 12.4. The molecule has 0 unspecified atom stereocenters. The number of hydrogen-bond acceptors (Lipinski definition) is 5. The Morgan fingerprint density at radius 2 is 1.77 bits per heavy atom. The Morgan fingerprint density at radius 1 is 1.18 bits per heavy atom. The average molecular weight is 302 g/mol. The van der Waals surface area contributed by atoms with Crippen LogP contribution in [0.3, 0.4) is 0 Å². The van der Waals surface area contributed by atoms with Crippen molar-refractivity contribution in [1.82, 2.24) is 10.1 Å². The van der Waals surface area contributed by atoms with Gasteiger partial charge in [0.2, 0.25) is 0 Å². The van der Waals surface area contributed by atoms with Crippen molar-refractivity contribution >= 4 is 11.9 Å². The van der Waals surface area contributed by atoms with Gasteiger partial charge in [0.25, 0.3) is 5.91 Å². The van der Waals surface area contributed by atoms with Crippen LogP contribution in [0.15, 0.2) is 28.8 Å². The number of nitrogens with zero attached hydrogens (tertiary/aromatic N) is 2. The van der Waals surface area contributed by atoms with E-state index in [2.05, 4.69) is 9.89 Å². The zero-order valence-corrected chi connectivity index (χ0v) is 13.0. The van der Waals surface area contributed by atoms with Crippen molar-refractivity contribution < 1.29 is 18.8 Å². The predicted octanol–water partition coefficient (Wildman–Crippen LogP) is 2.35. The van der Waals surface area contributed by atoms with Crippen LogP contribution in [0.5, 0.6) is 0 Å². The van der Waals surface area contributed by atoms with Gasteiger partial charge in [-0.15, -0.1) is 0 Å². The minimum absolute atomic E-state index is 0.142. The molecule has 22 heavy (non-hydrogen) atoms. The summed E-state index contributed by atoms with van der Waals surface area (Å²) in [7, 11) is 3.03. The minimum atomic E-state index is -0.428. The van der Waals surface area contributed by atoms with Crippen LogP contribution in [0, 0.1) is 13.8 Å². The summed E-state index contributed by atoms with van der Waals surface area (Å²) in [6, 6.07) is 6.36. The highest BCUT2D eigenvalue weighted by atomic mass is 16.5. The molecule has 0 bridgehead atoms. The van der Waals surface area contributed by atoms with Crippen LogP contribution in [-0.4, -0.2) is 36.1 Å². The van der Waals surface area contributed by atoms with Gasteiger partial charge >= 0.3 is 5.97 Å². The quantitative estimate of drug-likeness (QED) is 0.811. The molecule has 6 heteroatoms. The molecule has 0 saturated carbocycles. The Kier molecular flexibility index (Phi) is 4.60. The van der Waals surface area contributed by atoms with E-state index in [0.29, 0.717) is 23.4 Å². The van der Waals surface area contributed by atoms with E-state index in [1.54, 1.807) is 36.2 Å². The van der Waals surface area contributed by atoms with E-state index in [1.165, 1.54) is 7.11 Å². The van der Waals surface area contributed by atoms with Crippen LogP contribution in [0.1, 0.15) is 37.7 Å². The third-order valence-electron chi connectivity index (χ3n) is 3.48. The van der Waals surface area contributed by atoms with Crippen molar-refractivity contribution in [3.8, 4) is 0 Å². The molecular formula is C16H18N2O4. The summed E-state index contributed by atoms with van der Waals surface area (Å²) in [6.07, 6.45) is 0. The highest BCUT2D eigenvalue weighted by molar-refractivity contribution is 5.96. The topological polar surface area (TPSA) is 72.6 Å². The molecule has 2 rings (SSSR count). The highest BCUT2D eigenvalue weighted by Gasteiger charge is 2.17. The maximum Gasteiger partial charge on any atom is 0.337 e. The number of methoxy groups -OCH3 is 1. The lowest BCUT2D eigenvalue weighted by atomic mass is 10.1. The Morgan fingerprint density at radius 3 is 2.27 bits per heavy atom. The standard InChI is InChI=1S/C16H18N2O4/c1-10-14(11(2)22-17-10)9-18(3)15(19)12-5-7-13(8-6-12)16(20)21-4/h5-8H,9H2,1-4H3. The molecule has 0 aliphatic carbocycles. The van der Waals surface area contributed by atoms with Crippen molar-refractivity contribution in [3.05, 3.63) is 52.4 Å². The zero-order chi connectivity index (χ0) is 16.3. The van der Waals surface area contributed by atoms with E-state index in [9.17, 15) is 9.59 Å². The SMILES string of the molecule is COC(=O)c1ccc(C(=O)N(C)Cc2c(C)noc2C)cc1. The monoisotopic (exact) mass is 302 g/mol. The van der Waals surface area contributed by atoms with Gasteiger partial charge in [-0.25, -0.2) is 4.79 Å². The first-order chi connectivity index (χ1) is 10.4. The van der Waals surface area contributed by atoms with Gasteiger partial charge in [-0.1, -0.05) is 5.16 Å². The van der Waals surface area contributed by atoms with Gasteiger partial charge in [0.05, 0.1) is 24.9 Å². The third kappa shape index (κ3) is 3.16. The normalized spacial score (nSPS) is 10.4. The highest BCUT2D eigenvalue weighted by Crippen LogP contribution is 2.16. The Bertz CT molecular complexity index is 669. The van der Waals surface area contributed by atoms with Gasteiger partial charge in [-0.2, -0.15) is 0 Å². The van der Waals surface area contributed by atoms with E-state index in [-0.39, 0.29) is 5.91 Å². The molecule has 1 aromatic carbocycles. The first-order valence-electron chi connectivity index (χ1n) is 6.79. The first-order valence-corrected chi connectivity index (χ1v) is 6.79. The lowest BCUT2D eigenvalue weighted by Crippen LogP contribution is -2.26. The lowest BCUT2D eigenvalue weighted by Gasteiger charge is -2.17. The van der Waals surface area contributed by atoms with Crippen LogP contribution in [0.2, 0.25) is 0 Å². The molecule has 0 fully saturated rings. The van der Waals surface area contributed by atoms with Gasteiger partial charge in [0.1, 0.15) is 5.76 Å². The molecule has 0 spiro atoms. The molecule has 0 aliphatic rings. The summed E-state index contributed by atoms with van der Waals surface area (Å²) in [5.41, 5.74) is 2.59. The number of carbonyl (C=O) groups is 2. The second-order valence-electron chi connectivity index (χ2n) is 5.03. The van der Waals surface area contributed by atoms with Crippen molar-refractivity contribution in [1.29, 1.82) is 0 Å². The van der Waals surface area contributed by atoms with E-state index in [1.807, 2.05) is 13.8 Å². The summed E-state index contributed by atoms with van der Waals surface area (Å²) in [5, 5.41) is 3.88. The number of esters is 1. The Labute approximate surface area is 128 Å². The zero-order valence-electron chi connectivity index (χ0n) is 13.0. The fourth-order valence-corrected chi connectivity index (χ4v) is 2.12. The maximum absolute atomic E-state index is 12.4. The summed E-state index contributed by atoms with van der Waals surface area (Å²) < 4.78 is 9.73. The molecule has 0 saturated heterocycles. The number of aromatic nitrogens is 1. The molecule has 2 aromatic rings. The number of ether oxygens (including phenoxy) is 1. The van der Waals surface area contributed by atoms with Gasteiger partial charge in [-0.05, 0) is 38.1 Å². The van der Waals surface area contributed by atoms with E-state index < -0.39 is 5.97 Å². The summed E-state index contributed by atoms with van der Waals surface area (Å²) in [6.45, 7) is 4.08. The van der Waals surface area contributed by atoms with Crippen LogP contribution in [0.4, 0.5) is 0 Å². The molecule has 0 atom stereocenters. The van der Waals surface area contributed by atoms with E-state index in [4.69, 9.17) is 4.52 Å². The molecule has 1 amide bonds. The molecule has 1 heterocycles. The largest absolute Gasteiger partial charge is 0.465 e. The second kappa shape index (κ2) is 6.43. The van der Waals surface area contributed by atoms with Crippen LogP contribution in [-0.2, 0) is 11.3 Å². The van der Waals surface area contributed by atoms with Crippen LogP contribution < -0.4 is 0 Å². The second-order valence-corrected chi connectivity index (χ2v) is 5.03. The third-order valence-corrected chi connectivity index (χ3v) is 3.48. The molecule has 0 radical (unpaired) electrons. The molecule has 6 nitrogen and oxygen atoms in total. The number of aryl methyl sites for hydroxylation is 2. The fraction of sp³-hybridized carbons (Fsp3) is 0.312. The van der Waals surface area contributed by atoms with Gasteiger partial charge in [0.15, 0.2) is 0 Å². The van der Waals surface area contributed by atoms with Crippen molar-refractivity contribution in [2.45, 2.75) is 20.4 Å². The summed E-state index contributed by atoms with van der Waals surface area (Å²) >= 11 is 0. The first kappa shape index (κ1) is 15.8. The van der Waals surface area contributed by atoms with Crippen molar-refractivity contribution in [3.63, 3.8) is 0 Å². The van der Waals surface area contributed by atoms with Crippen molar-refractivity contribution in [2.75, 3.05) is 14.2 Å². The minimum Gasteiger partial charge on any atom is -0.465 e. The van der Waals surface area contributed by atoms with Gasteiger partial charge < -0.3 is 14.2 Å². The predicted molar refractivity (Wildman–Crippen MR) is 79.6 cm³/mol.